The molecule has 0 N–H and O–H groups in total. The van der Waals surface area contributed by atoms with Crippen molar-refractivity contribution in [2.75, 3.05) is 7.11 Å². The van der Waals surface area contributed by atoms with Crippen LogP contribution in [-0.4, -0.2) is 23.3 Å². The van der Waals surface area contributed by atoms with Crippen LogP contribution >= 0.6 is 0 Å². The second-order valence-corrected chi connectivity index (χ2v) is 27.4. The standard InChI is InChI=1S/C47H58OSi2/c1-31(2)49(32(3)4,33(5)6)26-24-44-42-16-14-15-17-43(42)45(25-27-50(34(7)8,35(9)10)36(11)12)47-30-40-28-38(18-19-39(40)29-46(44)47)37-20-22-41(48-13)23-21-37/h14-23,28-36H,1-13H3. The molecule has 0 atom stereocenters. The van der Waals surface area contributed by atoms with Crippen LogP contribution in [0.2, 0.25) is 33.2 Å². The van der Waals surface area contributed by atoms with Gasteiger partial charge in [-0.3, -0.25) is 0 Å². The molecule has 5 aromatic rings. The summed E-state index contributed by atoms with van der Waals surface area (Å²) >= 11 is 0. The van der Waals surface area contributed by atoms with Gasteiger partial charge in [0.1, 0.15) is 21.9 Å². The number of benzene rings is 5. The van der Waals surface area contributed by atoms with Gasteiger partial charge in [-0.15, -0.1) is 11.1 Å². The molecule has 0 heterocycles. The Morgan fingerprint density at radius 3 is 1.24 bits per heavy atom. The fourth-order valence-electron chi connectivity index (χ4n) is 9.36. The lowest BCUT2D eigenvalue weighted by atomic mass is 9.90. The Balaban J connectivity index is 1.92. The maximum absolute atomic E-state index is 5.43. The first-order chi connectivity index (χ1) is 23.7. The van der Waals surface area contributed by atoms with Crippen LogP contribution in [0.25, 0.3) is 43.4 Å². The van der Waals surface area contributed by atoms with Gasteiger partial charge in [0.2, 0.25) is 0 Å². The minimum Gasteiger partial charge on any atom is -0.497 e. The highest BCUT2D eigenvalue weighted by Gasteiger charge is 2.42. The highest BCUT2D eigenvalue weighted by molar-refractivity contribution is 6.91. The lowest BCUT2D eigenvalue weighted by Crippen LogP contribution is -2.43. The third-order valence-corrected chi connectivity index (χ3v) is 24.5. The summed E-state index contributed by atoms with van der Waals surface area (Å²) in [6, 6.07) is 28.9. The third kappa shape index (κ3) is 6.56. The van der Waals surface area contributed by atoms with Crippen molar-refractivity contribution in [1.82, 2.24) is 0 Å². The first-order valence-electron chi connectivity index (χ1n) is 18.8. The zero-order valence-corrected chi connectivity index (χ0v) is 34.9. The number of methoxy groups -OCH3 is 1. The fourth-order valence-corrected chi connectivity index (χ4v) is 19.8. The molecule has 0 aliphatic heterocycles. The van der Waals surface area contributed by atoms with E-state index in [2.05, 4.69) is 173 Å². The van der Waals surface area contributed by atoms with Crippen molar-refractivity contribution in [3.8, 4) is 39.8 Å². The van der Waals surface area contributed by atoms with E-state index in [1.165, 1.54) is 43.4 Å². The van der Waals surface area contributed by atoms with Gasteiger partial charge < -0.3 is 4.74 Å². The normalized spacial score (nSPS) is 12.5. The van der Waals surface area contributed by atoms with Gasteiger partial charge >= 0.3 is 0 Å². The van der Waals surface area contributed by atoms with Gasteiger partial charge in [-0.05, 0) is 107 Å². The van der Waals surface area contributed by atoms with E-state index in [4.69, 9.17) is 4.74 Å². The van der Waals surface area contributed by atoms with E-state index in [0.717, 1.165) is 16.9 Å². The van der Waals surface area contributed by atoms with E-state index >= 15 is 0 Å². The van der Waals surface area contributed by atoms with Crippen molar-refractivity contribution < 1.29 is 4.74 Å². The Bertz CT molecular complexity index is 2080. The molecule has 5 aromatic carbocycles. The predicted octanol–water partition coefficient (Wildman–Crippen LogP) is 14.0. The Kier molecular flexibility index (Phi) is 11.1. The van der Waals surface area contributed by atoms with Crippen LogP contribution in [0.4, 0.5) is 0 Å². The topological polar surface area (TPSA) is 9.23 Å². The number of ether oxygens (including phenoxy) is 1. The van der Waals surface area contributed by atoms with Gasteiger partial charge in [-0.2, -0.15) is 0 Å². The van der Waals surface area contributed by atoms with Crippen molar-refractivity contribution in [2.45, 2.75) is 116 Å². The Morgan fingerprint density at radius 1 is 0.440 bits per heavy atom. The van der Waals surface area contributed by atoms with Crippen LogP contribution in [0, 0.1) is 22.9 Å². The Labute approximate surface area is 305 Å². The van der Waals surface area contributed by atoms with E-state index < -0.39 is 16.1 Å². The van der Waals surface area contributed by atoms with Crippen molar-refractivity contribution in [2.24, 2.45) is 0 Å². The van der Waals surface area contributed by atoms with Crippen molar-refractivity contribution in [3.05, 3.63) is 90.0 Å². The van der Waals surface area contributed by atoms with Gasteiger partial charge in [-0.25, -0.2) is 0 Å². The van der Waals surface area contributed by atoms with Crippen LogP contribution < -0.4 is 4.74 Å². The van der Waals surface area contributed by atoms with Gasteiger partial charge in [0, 0.05) is 11.1 Å². The van der Waals surface area contributed by atoms with Crippen LogP contribution in [-0.2, 0) is 0 Å². The quantitative estimate of drug-likeness (QED) is 0.0892. The lowest BCUT2D eigenvalue weighted by molar-refractivity contribution is 0.415. The third-order valence-electron chi connectivity index (χ3n) is 11.9. The number of hydrogen-bond acceptors (Lipinski definition) is 1. The van der Waals surface area contributed by atoms with Crippen molar-refractivity contribution in [1.29, 1.82) is 0 Å². The molecule has 0 spiro atoms. The molecule has 0 aromatic heterocycles. The summed E-state index contributed by atoms with van der Waals surface area (Å²) in [4.78, 5) is 0. The molecular formula is C47H58OSi2. The van der Waals surface area contributed by atoms with Crippen LogP contribution in [0.1, 0.15) is 94.2 Å². The molecule has 0 amide bonds. The predicted molar refractivity (Wildman–Crippen MR) is 227 cm³/mol. The molecule has 0 unspecified atom stereocenters. The second-order valence-electron chi connectivity index (χ2n) is 16.3. The summed E-state index contributed by atoms with van der Waals surface area (Å²) < 4.78 is 5.43. The molecule has 260 valence electrons. The van der Waals surface area contributed by atoms with Crippen LogP contribution in [0.5, 0.6) is 5.75 Å². The number of fused-ring (bicyclic) bond motifs is 3. The van der Waals surface area contributed by atoms with E-state index in [-0.39, 0.29) is 0 Å². The highest BCUT2D eigenvalue weighted by Crippen LogP contribution is 2.43. The van der Waals surface area contributed by atoms with E-state index in [1.807, 2.05) is 12.1 Å². The summed E-state index contributed by atoms with van der Waals surface area (Å²) in [5, 5.41) is 7.31. The lowest BCUT2D eigenvalue weighted by Gasteiger charge is -2.38. The highest BCUT2D eigenvalue weighted by atomic mass is 28.3. The smallest absolute Gasteiger partial charge is 0.146 e. The molecule has 0 saturated carbocycles. The fraction of sp³-hybridized carbons (Fsp3) is 0.404. The SMILES string of the molecule is COc1ccc(-c2ccc3cc4c(C#C[Si](C(C)C)(C(C)C)C(C)C)c5ccccc5c(C#C[Si](C(C)C)(C(C)C)C(C)C)c4cc3c2)cc1. The average Bonchev–Trinajstić information content (AvgIpc) is 3.07. The maximum atomic E-state index is 5.43. The average molecular weight is 695 g/mol. The second kappa shape index (κ2) is 14.8. The monoisotopic (exact) mass is 694 g/mol. The first kappa shape index (κ1) is 37.5. The van der Waals surface area contributed by atoms with E-state index in [1.54, 1.807) is 7.11 Å². The largest absolute Gasteiger partial charge is 0.497 e. The molecule has 0 saturated heterocycles. The molecule has 0 radical (unpaired) electrons. The molecule has 5 rings (SSSR count). The minimum absolute atomic E-state index is 0.562. The Morgan fingerprint density at radius 2 is 0.840 bits per heavy atom. The summed E-state index contributed by atoms with van der Waals surface area (Å²) in [5.41, 5.74) is 16.2. The summed E-state index contributed by atoms with van der Waals surface area (Å²) in [7, 11) is -2.25. The molecule has 0 bridgehead atoms. The molecule has 50 heavy (non-hydrogen) atoms. The van der Waals surface area contributed by atoms with Gasteiger partial charge in [-0.1, -0.05) is 143 Å². The maximum Gasteiger partial charge on any atom is 0.146 e. The van der Waals surface area contributed by atoms with Gasteiger partial charge in [0.15, 0.2) is 0 Å². The molecule has 0 fully saturated rings. The molecule has 0 aliphatic carbocycles. The first-order valence-corrected chi connectivity index (χ1v) is 23.3. The number of rotatable bonds is 8. The zero-order chi connectivity index (χ0) is 36.5. The van der Waals surface area contributed by atoms with E-state index in [0.29, 0.717) is 33.2 Å². The number of hydrogen-bond donors (Lipinski definition) is 0. The van der Waals surface area contributed by atoms with Crippen LogP contribution in [0.3, 0.4) is 0 Å². The van der Waals surface area contributed by atoms with Crippen molar-refractivity contribution in [3.63, 3.8) is 0 Å². The van der Waals surface area contributed by atoms with Gasteiger partial charge in [0.05, 0.1) is 7.11 Å². The molecule has 3 heteroatoms. The molecule has 1 nitrogen and oxygen atoms in total. The molecular weight excluding hydrogens is 637 g/mol. The zero-order valence-electron chi connectivity index (χ0n) is 32.9. The van der Waals surface area contributed by atoms with Crippen LogP contribution in [0.15, 0.2) is 78.9 Å². The van der Waals surface area contributed by atoms with E-state index in [9.17, 15) is 0 Å². The summed E-state index contributed by atoms with van der Waals surface area (Å²) in [6.07, 6.45) is 0. The molecule has 0 aliphatic rings. The summed E-state index contributed by atoms with van der Waals surface area (Å²) in [6.45, 7) is 28.8. The Hall–Kier alpha value is -3.77. The minimum atomic E-state index is -1.99. The van der Waals surface area contributed by atoms with Crippen molar-refractivity contribution >= 4 is 48.5 Å². The summed E-state index contributed by atoms with van der Waals surface area (Å²) in [5.74, 6) is 8.76. The van der Waals surface area contributed by atoms with Gasteiger partial charge in [0.25, 0.3) is 0 Å².